The average molecular weight is 332 g/mol. The zero-order valence-electron chi connectivity index (χ0n) is 10.4. The smallest absolute Gasteiger partial charge is 0.0611 e. The molecule has 0 unspecified atom stereocenters. The van der Waals surface area contributed by atoms with Gasteiger partial charge in [-0.05, 0) is 23.8 Å². The largest absolute Gasteiger partial charge is 0.383 e. The number of nitrogens with one attached hydrogen (secondary N) is 1. The molecule has 1 saturated heterocycles. The Morgan fingerprint density at radius 2 is 2.33 bits per heavy atom. The van der Waals surface area contributed by atoms with E-state index in [-0.39, 0.29) is 0 Å². The van der Waals surface area contributed by atoms with Crippen molar-refractivity contribution in [2.24, 2.45) is 0 Å². The maximum absolute atomic E-state index is 5.22. The number of benzene rings is 1. The Bertz CT molecular complexity index is 385. The molecule has 1 aromatic rings. The second-order valence-electron chi connectivity index (χ2n) is 4.20. The van der Waals surface area contributed by atoms with Crippen molar-refractivity contribution in [1.29, 1.82) is 0 Å². The SMILES string of the molecule is COCCNCc1cc(Br)ccc1SC1COC1. The Hall–Kier alpha value is -0.0700. The van der Waals surface area contributed by atoms with Crippen molar-refractivity contribution >= 4 is 27.7 Å². The lowest BCUT2D eigenvalue weighted by atomic mass is 10.2. The van der Waals surface area contributed by atoms with Crippen molar-refractivity contribution in [3.8, 4) is 0 Å². The minimum Gasteiger partial charge on any atom is -0.383 e. The summed E-state index contributed by atoms with van der Waals surface area (Å²) in [6.07, 6.45) is 0. The Morgan fingerprint density at radius 1 is 1.50 bits per heavy atom. The highest BCUT2D eigenvalue weighted by atomic mass is 79.9. The molecule has 0 spiro atoms. The van der Waals surface area contributed by atoms with Crippen LogP contribution in [0.1, 0.15) is 5.56 Å². The predicted molar refractivity (Wildman–Crippen MR) is 78.2 cm³/mol. The molecule has 0 bridgehead atoms. The summed E-state index contributed by atoms with van der Waals surface area (Å²) in [7, 11) is 1.72. The molecular weight excluding hydrogens is 314 g/mol. The summed E-state index contributed by atoms with van der Waals surface area (Å²) in [6.45, 7) is 4.24. The van der Waals surface area contributed by atoms with Gasteiger partial charge in [-0.3, -0.25) is 0 Å². The highest BCUT2D eigenvalue weighted by molar-refractivity contribution is 9.10. The molecule has 0 saturated carbocycles. The van der Waals surface area contributed by atoms with E-state index >= 15 is 0 Å². The Labute approximate surface area is 121 Å². The Balaban J connectivity index is 1.93. The molecule has 1 aliphatic rings. The quantitative estimate of drug-likeness (QED) is 0.778. The van der Waals surface area contributed by atoms with Crippen molar-refractivity contribution in [3.05, 3.63) is 28.2 Å². The minimum absolute atomic E-state index is 0.615. The fourth-order valence-corrected chi connectivity index (χ4v) is 3.19. The standard InChI is InChI=1S/C13H18BrNO2S/c1-16-5-4-15-7-10-6-11(14)2-3-13(10)18-12-8-17-9-12/h2-3,6,12,15H,4-5,7-9H2,1H3. The van der Waals surface area contributed by atoms with Crippen molar-refractivity contribution in [2.45, 2.75) is 16.7 Å². The maximum atomic E-state index is 5.22. The molecule has 5 heteroatoms. The summed E-state index contributed by atoms with van der Waals surface area (Å²) in [6, 6.07) is 6.46. The van der Waals surface area contributed by atoms with E-state index in [0.717, 1.165) is 37.4 Å². The topological polar surface area (TPSA) is 30.5 Å². The van der Waals surface area contributed by atoms with Crippen LogP contribution in [0.15, 0.2) is 27.6 Å². The Kier molecular flexibility index (Phi) is 5.98. The molecule has 0 radical (unpaired) electrons. The van der Waals surface area contributed by atoms with Crippen LogP contribution >= 0.6 is 27.7 Å². The van der Waals surface area contributed by atoms with Crippen LogP contribution in [0, 0.1) is 0 Å². The van der Waals surface area contributed by atoms with Crippen molar-refractivity contribution in [3.63, 3.8) is 0 Å². The van der Waals surface area contributed by atoms with Crippen LogP contribution in [-0.4, -0.2) is 38.7 Å². The van der Waals surface area contributed by atoms with Gasteiger partial charge in [-0.25, -0.2) is 0 Å². The first-order valence-electron chi connectivity index (χ1n) is 6.02. The van der Waals surface area contributed by atoms with Crippen LogP contribution in [0.25, 0.3) is 0 Å². The first-order valence-corrected chi connectivity index (χ1v) is 7.69. The number of halogens is 1. The maximum Gasteiger partial charge on any atom is 0.0611 e. The molecule has 0 aliphatic carbocycles. The molecular formula is C13H18BrNO2S. The molecule has 1 aliphatic heterocycles. The molecule has 0 aromatic heterocycles. The second-order valence-corrected chi connectivity index (χ2v) is 6.46. The number of hydrogen-bond donors (Lipinski definition) is 1. The minimum atomic E-state index is 0.615. The molecule has 2 rings (SSSR count). The van der Waals surface area contributed by atoms with Crippen LogP contribution in [-0.2, 0) is 16.0 Å². The van der Waals surface area contributed by atoms with Crippen LogP contribution in [0.4, 0.5) is 0 Å². The van der Waals surface area contributed by atoms with Gasteiger partial charge < -0.3 is 14.8 Å². The first-order chi connectivity index (χ1) is 8.79. The summed E-state index contributed by atoms with van der Waals surface area (Å²) in [5.74, 6) is 0. The number of hydrogen-bond acceptors (Lipinski definition) is 4. The summed E-state index contributed by atoms with van der Waals surface area (Å²) in [4.78, 5) is 1.34. The van der Waals surface area contributed by atoms with Gasteiger partial charge in [0, 0.05) is 29.6 Å². The normalized spacial score (nSPS) is 15.7. The van der Waals surface area contributed by atoms with Gasteiger partial charge in [-0.1, -0.05) is 15.9 Å². The molecule has 0 amide bonds. The summed E-state index contributed by atoms with van der Waals surface area (Å²) >= 11 is 5.44. The molecule has 1 fully saturated rings. The van der Waals surface area contributed by atoms with Crippen LogP contribution in [0.2, 0.25) is 0 Å². The third-order valence-electron chi connectivity index (χ3n) is 2.72. The van der Waals surface area contributed by atoms with Gasteiger partial charge in [-0.2, -0.15) is 0 Å². The van der Waals surface area contributed by atoms with Gasteiger partial charge in [0.2, 0.25) is 0 Å². The molecule has 1 aromatic carbocycles. The van der Waals surface area contributed by atoms with Crippen LogP contribution in [0.5, 0.6) is 0 Å². The Morgan fingerprint density at radius 3 is 3.00 bits per heavy atom. The monoisotopic (exact) mass is 331 g/mol. The van der Waals surface area contributed by atoms with Crippen LogP contribution in [0.3, 0.4) is 0 Å². The van der Waals surface area contributed by atoms with Crippen LogP contribution < -0.4 is 5.32 Å². The number of thioether (sulfide) groups is 1. The van der Waals surface area contributed by atoms with Crippen molar-refractivity contribution in [1.82, 2.24) is 5.32 Å². The number of rotatable bonds is 7. The molecule has 3 nitrogen and oxygen atoms in total. The van der Waals surface area contributed by atoms with Gasteiger partial charge in [0.25, 0.3) is 0 Å². The van der Waals surface area contributed by atoms with E-state index in [1.165, 1.54) is 10.5 Å². The van der Waals surface area contributed by atoms with E-state index in [4.69, 9.17) is 9.47 Å². The third kappa shape index (κ3) is 4.24. The first kappa shape index (κ1) is 14.3. The zero-order chi connectivity index (χ0) is 12.8. The fraction of sp³-hybridized carbons (Fsp3) is 0.538. The van der Waals surface area contributed by atoms with Gasteiger partial charge in [-0.15, -0.1) is 11.8 Å². The highest BCUT2D eigenvalue weighted by Gasteiger charge is 2.20. The number of ether oxygens (including phenoxy) is 2. The molecule has 100 valence electrons. The molecule has 1 N–H and O–H groups in total. The van der Waals surface area contributed by atoms with E-state index in [1.807, 2.05) is 11.8 Å². The lowest BCUT2D eigenvalue weighted by Gasteiger charge is -2.26. The molecule has 18 heavy (non-hydrogen) atoms. The van der Waals surface area contributed by atoms with Crippen molar-refractivity contribution < 1.29 is 9.47 Å². The molecule has 1 heterocycles. The highest BCUT2D eigenvalue weighted by Crippen LogP contribution is 2.32. The summed E-state index contributed by atoms with van der Waals surface area (Å²) in [5.41, 5.74) is 1.33. The van der Waals surface area contributed by atoms with E-state index in [9.17, 15) is 0 Å². The number of methoxy groups -OCH3 is 1. The van der Waals surface area contributed by atoms with Gasteiger partial charge >= 0.3 is 0 Å². The average Bonchev–Trinajstić information content (AvgIpc) is 2.31. The van der Waals surface area contributed by atoms with E-state index < -0.39 is 0 Å². The molecule has 0 atom stereocenters. The summed E-state index contributed by atoms with van der Waals surface area (Å²) in [5, 5.41) is 4.00. The fourth-order valence-electron chi connectivity index (χ4n) is 1.66. The van der Waals surface area contributed by atoms with E-state index in [2.05, 4.69) is 39.4 Å². The van der Waals surface area contributed by atoms with E-state index in [1.54, 1.807) is 7.11 Å². The van der Waals surface area contributed by atoms with E-state index in [0.29, 0.717) is 5.25 Å². The van der Waals surface area contributed by atoms with Gasteiger partial charge in [0.1, 0.15) is 0 Å². The zero-order valence-corrected chi connectivity index (χ0v) is 12.9. The third-order valence-corrected chi connectivity index (χ3v) is 4.47. The summed E-state index contributed by atoms with van der Waals surface area (Å²) < 4.78 is 11.4. The predicted octanol–water partition coefficient (Wildman–Crippen LogP) is 2.68. The van der Waals surface area contributed by atoms with Crippen molar-refractivity contribution in [2.75, 3.05) is 33.5 Å². The lowest BCUT2D eigenvalue weighted by molar-refractivity contribution is 0.0455. The lowest BCUT2D eigenvalue weighted by Crippen LogP contribution is -2.30. The second kappa shape index (κ2) is 7.50. The van der Waals surface area contributed by atoms with Gasteiger partial charge in [0.05, 0.1) is 25.1 Å². The van der Waals surface area contributed by atoms with Gasteiger partial charge in [0.15, 0.2) is 0 Å².